The molecule has 7 heteroatoms. The van der Waals surface area contributed by atoms with Crippen LogP contribution in [0.15, 0.2) is 48.5 Å². The van der Waals surface area contributed by atoms with Gasteiger partial charge >= 0.3 is 11.9 Å². The molecule has 3 aromatic rings. The molecule has 38 heavy (non-hydrogen) atoms. The van der Waals surface area contributed by atoms with Crippen molar-refractivity contribution >= 4 is 11.9 Å². The molecule has 7 nitrogen and oxygen atoms in total. The van der Waals surface area contributed by atoms with Crippen LogP contribution in [0.1, 0.15) is 99.2 Å². The van der Waals surface area contributed by atoms with Gasteiger partial charge in [0.15, 0.2) is 5.69 Å². The summed E-state index contributed by atoms with van der Waals surface area (Å²) in [5, 5.41) is 10.8. The van der Waals surface area contributed by atoms with E-state index >= 15 is 0 Å². The van der Waals surface area contributed by atoms with Gasteiger partial charge < -0.3 is 19.1 Å². The minimum atomic E-state index is -1.30. The van der Waals surface area contributed by atoms with Crippen molar-refractivity contribution in [3.8, 4) is 11.1 Å². The summed E-state index contributed by atoms with van der Waals surface area (Å²) in [5.74, 6) is -0.122. The number of aryl methyl sites for hydroxylation is 1. The first-order valence-corrected chi connectivity index (χ1v) is 13.3. The number of esters is 2. The number of carbonyl (C=O) groups is 2. The van der Waals surface area contributed by atoms with Gasteiger partial charge in [-0.3, -0.25) is 0 Å². The van der Waals surface area contributed by atoms with Gasteiger partial charge in [0, 0.05) is 13.0 Å². The molecular formula is C31H40N2O5. The van der Waals surface area contributed by atoms with Gasteiger partial charge in [-0.05, 0) is 70.7 Å². The molecule has 0 fully saturated rings. The van der Waals surface area contributed by atoms with Crippen LogP contribution in [0.5, 0.6) is 0 Å². The summed E-state index contributed by atoms with van der Waals surface area (Å²) in [5.41, 5.74) is 1.84. The Kier molecular flexibility index (Phi) is 9.15. The van der Waals surface area contributed by atoms with Crippen molar-refractivity contribution < 1.29 is 24.2 Å². The fourth-order valence-electron chi connectivity index (χ4n) is 4.25. The van der Waals surface area contributed by atoms with Crippen molar-refractivity contribution in [1.82, 2.24) is 9.55 Å². The van der Waals surface area contributed by atoms with E-state index in [4.69, 9.17) is 14.5 Å². The second kappa shape index (κ2) is 11.9. The number of ether oxygens (including phenoxy) is 2. The van der Waals surface area contributed by atoms with Crippen LogP contribution in [0.4, 0.5) is 0 Å². The maximum atomic E-state index is 13.0. The van der Waals surface area contributed by atoms with E-state index in [0.717, 1.165) is 35.4 Å². The first-order valence-electron chi connectivity index (χ1n) is 13.3. The minimum Gasteiger partial charge on any atom is -0.461 e. The number of hydrogen-bond acceptors (Lipinski definition) is 6. The fourth-order valence-corrected chi connectivity index (χ4v) is 4.25. The van der Waals surface area contributed by atoms with Crippen LogP contribution in [-0.2, 0) is 28.0 Å². The molecule has 0 unspecified atom stereocenters. The van der Waals surface area contributed by atoms with Crippen LogP contribution in [0.3, 0.4) is 0 Å². The molecule has 0 spiro atoms. The molecule has 1 aromatic heterocycles. The molecule has 0 aliphatic rings. The number of hydrogen-bond donors (Lipinski definition) is 1. The standard InChI is InChI=1S/C31H40N2O5/c1-8-10-15-25-32-27(31(6,7)36)26(29(35)37-9-2)33(25)20-21-16-18-22(19-17-21)23-13-11-12-14-24(23)28(34)38-30(3,4)5/h11-14,16-19,36H,8-10,15,20H2,1-7H3. The van der Waals surface area contributed by atoms with Gasteiger partial charge in [0.25, 0.3) is 0 Å². The van der Waals surface area contributed by atoms with Gasteiger partial charge in [-0.15, -0.1) is 0 Å². The molecule has 0 bridgehead atoms. The molecule has 0 saturated carbocycles. The lowest BCUT2D eigenvalue weighted by Gasteiger charge is -2.20. The Hall–Kier alpha value is -3.45. The third-order valence-corrected chi connectivity index (χ3v) is 6.00. The number of imidazole rings is 1. The van der Waals surface area contributed by atoms with Crippen LogP contribution in [0.25, 0.3) is 11.1 Å². The molecule has 0 radical (unpaired) electrons. The first-order chi connectivity index (χ1) is 17.9. The summed E-state index contributed by atoms with van der Waals surface area (Å²) in [6.45, 7) is 13.3. The zero-order chi connectivity index (χ0) is 28.1. The van der Waals surface area contributed by atoms with E-state index in [1.165, 1.54) is 0 Å². The van der Waals surface area contributed by atoms with Crippen molar-refractivity contribution in [1.29, 1.82) is 0 Å². The molecule has 1 N–H and O–H groups in total. The number of benzene rings is 2. The first kappa shape index (κ1) is 29.1. The molecule has 2 aromatic carbocycles. The van der Waals surface area contributed by atoms with Crippen molar-refractivity contribution in [3.63, 3.8) is 0 Å². The van der Waals surface area contributed by atoms with Gasteiger partial charge in [0.1, 0.15) is 22.7 Å². The van der Waals surface area contributed by atoms with E-state index < -0.39 is 17.2 Å². The average molecular weight is 521 g/mol. The SMILES string of the molecule is CCCCc1nc(C(C)(C)O)c(C(=O)OCC)n1Cc1ccc(-c2ccccc2C(=O)OC(C)(C)C)cc1. The minimum absolute atomic E-state index is 0.228. The van der Waals surface area contributed by atoms with Crippen molar-refractivity contribution in [2.24, 2.45) is 0 Å². The van der Waals surface area contributed by atoms with E-state index in [2.05, 4.69) is 6.92 Å². The molecule has 0 aliphatic carbocycles. The van der Waals surface area contributed by atoms with Crippen LogP contribution in [-0.4, -0.2) is 38.8 Å². The highest BCUT2D eigenvalue weighted by molar-refractivity contribution is 5.97. The summed E-state index contributed by atoms with van der Waals surface area (Å²) in [4.78, 5) is 30.5. The number of unbranched alkanes of at least 4 members (excludes halogenated alkanes) is 1. The zero-order valence-corrected chi connectivity index (χ0v) is 23.6. The summed E-state index contributed by atoms with van der Waals surface area (Å²) >= 11 is 0. The maximum absolute atomic E-state index is 13.0. The third-order valence-electron chi connectivity index (χ3n) is 6.00. The van der Waals surface area contributed by atoms with Gasteiger partial charge in [0.05, 0.1) is 12.2 Å². The van der Waals surface area contributed by atoms with Crippen molar-refractivity contribution in [3.05, 3.63) is 76.9 Å². The third kappa shape index (κ3) is 7.10. The van der Waals surface area contributed by atoms with E-state index in [1.807, 2.05) is 67.8 Å². The highest BCUT2D eigenvalue weighted by atomic mass is 16.6. The molecule has 204 valence electrons. The van der Waals surface area contributed by atoms with Gasteiger partial charge in [0.2, 0.25) is 0 Å². The molecule has 0 aliphatic heterocycles. The molecule has 1 heterocycles. The Morgan fingerprint density at radius 1 is 0.947 bits per heavy atom. The summed E-state index contributed by atoms with van der Waals surface area (Å²) < 4.78 is 12.8. The topological polar surface area (TPSA) is 90.6 Å². The van der Waals surface area contributed by atoms with E-state index in [0.29, 0.717) is 24.2 Å². The quantitative estimate of drug-likeness (QED) is 0.316. The molecule has 3 rings (SSSR count). The lowest BCUT2D eigenvalue weighted by molar-refractivity contribution is 0.00701. The van der Waals surface area contributed by atoms with E-state index in [-0.39, 0.29) is 18.3 Å². The Morgan fingerprint density at radius 3 is 2.18 bits per heavy atom. The zero-order valence-electron chi connectivity index (χ0n) is 23.6. The van der Waals surface area contributed by atoms with E-state index in [1.54, 1.807) is 26.8 Å². The molecule has 0 amide bonds. The second-order valence-corrected chi connectivity index (χ2v) is 10.9. The number of aromatic nitrogens is 2. The summed E-state index contributed by atoms with van der Waals surface area (Å²) in [6, 6.07) is 15.3. The molecular weight excluding hydrogens is 480 g/mol. The Labute approximate surface area is 225 Å². The van der Waals surface area contributed by atoms with Gasteiger partial charge in [-0.2, -0.15) is 0 Å². The van der Waals surface area contributed by atoms with Crippen molar-refractivity contribution in [2.45, 2.75) is 85.5 Å². The normalized spacial score (nSPS) is 11.9. The lowest BCUT2D eigenvalue weighted by atomic mass is 9.98. The summed E-state index contributed by atoms with van der Waals surface area (Å²) in [6.07, 6.45) is 2.57. The monoisotopic (exact) mass is 520 g/mol. The lowest BCUT2D eigenvalue weighted by Crippen LogP contribution is -2.24. The van der Waals surface area contributed by atoms with E-state index in [9.17, 15) is 14.7 Å². The van der Waals surface area contributed by atoms with Crippen LogP contribution in [0.2, 0.25) is 0 Å². The highest BCUT2D eigenvalue weighted by Crippen LogP contribution is 2.29. The highest BCUT2D eigenvalue weighted by Gasteiger charge is 2.32. The van der Waals surface area contributed by atoms with Crippen molar-refractivity contribution in [2.75, 3.05) is 6.61 Å². The van der Waals surface area contributed by atoms with Crippen LogP contribution in [0, 0.1) is 0 Å². The predicted octanol–water partition coefficient (Wildman–Crippen LogP) is 6.30. The van der Waals surface area contributed by atoms with Gasteiger partial charge in [-0.1, -0.05) is 55.8 Å². The Balaban J connectivity index is 2.00. The second-order valence-electron chi connectivity index (χ2n) is 10.9. The fraction of sp³-hybridized carbons (Fsp3) is 0.452. The van der Waals surface area contributed by atoms with Gasteiger partial charge in [-0.25, -0.2) is 14.6 Å². The smallest absolute Gasteiger partial charge is 0.357 e. The van der Waals surface area contributed by atoms with Crippen LogP contribution >= 0.6 is 0 Å². The number of carbonyl (C=O) groups excluding carboxylic acids is 2. The molecule has 0 atom stereocenters. The average Bonchev–Trinajstić information content (AvgIpc) is 3.21. The maximum Gasteiger partial charge on any atom is 0.357 e. The Bertz CT molecular complexity index is 1260. The number of nitrogens with zero attached hydrogens (tertiary/aromatic N) is 2. The number of aliphatic hydroxyl groups is 1. The van der Waals surface area contributed by atoms with Crippen LogP contribution < -0.4 is 0 Å². The Morgan fingerprint density at radius 2 is 1.61 bits per heavy atom. The summed E-state index contributed by atoms with van der Waals surface area (Å²) in [7, 11) is 0. The predicted molar refractivity (Wildman–Crippen MR) is 148 cm³/mol. The number of rotatable bonds is 10. The largest absolute Gasteiger partial charge is 0.461 e. The molecule has 0 saturated heterocycles.